The molecule has 0 fully saturated rings. The molecular formula is C22H18N2O6. The van der Waals surface area contributed by atoms with Gasteiger partial charge in [0.05, 0.1) is 41.7 Å². The fraction of sp³-hybridized carbons (Fsp3) is 0.273. The number of carbonyl (C=O) groups is 2. The first-order valence-corrected chi connectivity index (χ1v) is 9.56. The number of esters is 2. The Morgan fingerprint density at radius 2 is 2.10 bits per heavy atom. The summed E-state index contributed by atoms with van der Waals surface area (Å²) in [4.78, 5) is 41.9. The van der Waals surface area contributed by atoms with Gasteiger partial charge < -0.3 is 19.1 Å². The zero-order valence-electron chi connectivity index (χ0n) is 16.4. The van der Waals surface area contributed by atoms with Crippen LogP contribution < -0.4 is 5.56 Å². The lowest BCUT2D eigenvalue weighted by Gasteiger charge is -2.31. The van der Waals surface area contributed by atoms with Gasteiger partial charge >= 0.3 is 11.9 Å². The molecular weight excluding hydrogens is 388 g/mol. The molecule has 1 N–H and O–H groups in total. The van der Waals surface area contributed by atoms with E-state index >= 15 is 0 Å². The van der Waals surface area contributed by atoms with Crippen LogP contribution in [0.2, 0.25) is 0 Å². The van der Waals surface area contributed by atoms with Gasteiger partial charge in [-0.1, -0.05) is 13.0 Å². The van der Waals surface area contributed by atoms with E-state index in [1.54, 1.807) is 35.8 Å². The molecule has 152 valence electrons. The van der Waals surface area contributed by atoms with E-state index in [1.807, 2.05) is 6.07 Å². The highest BCUT2D eigenvalue weighted by atomic mass is 16.6. The van der Waals surface area contributed by atoms with E-state index in [-0.39, 0.29) is 29.7 Å². The first-order chi connectivity index (χ1) is 14.4. The second-order valence-electron chi connectivity index (χ2n) is 7.50. The van der Waals surface area contributed by atoms with E-state index in [0.29, 0.717) is 29.0 Å². The number of aliphatic hydroxyl groups is 1. The zero-order chi connectivity index (χ0) is 21.2. The number of aromatic nitrogens is 2. The first-order valence-electron chi connectivity index (χ1n) is 9.56. The summed E-state index contributed by atoms with van der Waals surface area (Å²) in [6.45, 7) is 1.83. The van der Waals surface area contributed by atoms with Crippen LogP contribution in [-0.2, 0) is 33.0 Å². The lowest BCUT2D eigenvalue weighted by Crippen LogP contribution is -2.44. The second kappa shape index (κ2) is 6.24. The van der Waals surface area contributed by atoms with Crippen LogP contribution in [0.25, 0.3) is 22.3 Å². The van der Waals surface area contributed by atoms with E-state index in [4.69, 9.17) is 14.5 Å². The fourth-order valence-corrected chi connectivity index (χ4v) is 4.22. The Balaban J connectivity index is 1.74. The standard InChI is InChI=1S/C22H18N2O6/c1-3-22(28)15-8-17-18-13(9-24(17)19(25)14(15)10-30-21(22)27)6-11-4-5-12(20(26)29-2)7-16(11)23-18/h4-8,28H,3,9-10H2,1-2H3. The molecule has 3 aromatic rings. The van der Waals surface area contributed by atoms with Crippen molar-refractivity contribution in [1.82, 2.24) is 9.55 Å². The Morgan fingerprint density at radius 1 is 1.30 bits per heavy atom. The van der Waals surface area contributed by atoms with Crippen molar-refractivity contribution >= 4 is 22.8 Å². The summed E-state index contributed by atoms with van der Waals surface area (Å²) in [5.74, 6) is -1.22. The average Bonchev–Trinajstić information content (AvgIpc) is 3.12. The molecule has 2 aliphatic heterocycles. The third-order valence-electron chi connectivity index (χ3n) is 5.93. The van der Waals surface area contributed by atoms with Gasteiger partial charge in [0.15, 0.2) is 5.60 Å². The van der Waals surface area contributed by atoms with Gasteiger partial charge in [0.25, 0.3) is 5.56 Å². The number of ether oxygens (including phenoxy) is 2. The van der Waals surface area contributed by atoms with Gasteiger partial charge in [-0.05, 0) is 30.7 Å². The molecule has 4 heterocycles. The third kappa shape index (κ3) is 2.37. The van der Waals surface area contributed by atoms with Crippen LogP contribution in [0.3, 0.4) is 0 Å². The summed E-state index contributed by atoms with van der Waals surface area (Å²) in [5.41, 5.74) is 1.31. The van der Waals surface area contributed by atoms with Crippen molar-refractivity contribution in [3.8, 4) is 11.4 Å². The van der Waals surface area contributed by atoms with Crippen molar-refractivity contribution in [3.05, 3.63) is 62.9 Å². The topological polar surface area (TPSA) is 108 Å². The molecule has 8 nitrogen and oxygen atoms in total. The number of hydrogen-bond donors (Lipinski definition) is 1. The van der Waals surface area contributed by atoms with Crippen LogP contribution in [0, 0.1) is 0 Å². The number of pyridine rings is 2. The van der Waals surface area contributed by atoms with Crippen molar-refractivity contribution in [2.45, 2.75) is 32.1 Å². The van der Waals surface area contributed by atoms with E-state index < -0.39 is 17.5 Å². The smallest absolute Gasteiger partial charge is 0.343 e. The molecule has 2 aromatic heterocycles. The van der Waals surface area contributed by atoms with Gasteiger partial charge in [0, 0.05) is 16.5 Å². The summed E-state index contributed by atoms with van der Waals surface area (Å²) in [5, 5.41) is 11.7. The van der Waals surface area contributed by atoms with Crippen molar-refractivity contribution in [3.63, 3.8) is 0 Å². The van der Waals surface area contributed by atoms with Crippen LogP contribution in [0.5, 0.6) is 0 Å². The molecule has 30 heavy (non-hydrogen) atoms. The number of nitrogens with zero attached hydrogens (tertiary/aromatic N) is 2. The summed E-state index contributed by atoms with van der Waals surface area (Å²) in [6, 6.07) is 8.68. The molecule has 0 saturated carbocycles. The van der Waals surface area contributed by atoms with Crippen LogP contribution in [0.4, 0.5) is 0 Å². The monoisotopic (exact) mass is 406 g/mol. The summed E-state index contributed by atoms with van der Waals surface area (Å²) < 4.78 is 11.4. The van der Waals surface area contributed by atoms with E-state index in [0.717, 1.165) is 10.9 Å². The van der Waals surface area contributed by atoms with Crippen molar-refractivity contribution < 1.29 is 24.2 Å². The maximum absolute atomic E-state index is 13.1. The van der Waals surface area contributed by atoms with Gasteiger partial charge in [0.1, 0.15) is 6.61 Å². The molecule has 2 aliphatic rings. The maximum Gasteiger partial charge on any atom is 0.343 e. The Morgan fingerprint density at radius 3 is 2.83 bits per heavy atom. The molecule has 1 atom stereocenters. The van der Waals surface area contributed by atoms with Crippen molar-refractivity contribution in [2.75, 3.05) is 7.11 Å². The molecule has 0 aliphatic carbocycles. The largest absolute Gasteiger partial charge is 0.465 e. The summed E-state index contributed by atoms with van der Waals surface area (Å²) in [6.07, 6.45) is 0.0855. The quantitative estimate of drug-likeness (QED) is 0.506. The van der Waals surface area contributed by atoms with E-state index in [2.05, 4.69) is 0 Å². The molecule has 1 unspecified atom stereocenters. The Bertz CT molecular complexity index is 1330. The van der Waals surface area contributed by atoms with Gasteiger partial charge in [-0.3, -0.25) is 4.79 Å². The molecule has 8 heteroatoms. The van der Waals surface area contributed by atoms with Crippen molar-refractivity contribution in [1.29, 1.82) is 0 Å². The third-order valence-corrected chi connectivity index (χ3v) is 5.93. The number of rotatable bonds is 2. The predicted octanol–water partition coefficient (Wildman–Crippen LogP) is 1.87. The molecule has 0 radical (unpaired) electrons. The summed E-state index contributed by atoms with van der Waals surface area (Å²) in [7, 11) is 1.31. The molecule has 0 bridgehead atoms. The van der Waals surface area contributed by atoms with E-state index in [1.165, 1.54) is 7.11 Å². The van der Waals surface area contributed by atoms with Crippen LogP contribution in [0.1, 0.15) is 40.4 Å². The number of methoxy groups -OCH3 is 1. The molecule has 5 rings (SSSR count). The highest BCUT2D eigenvalue weighted by Gasteiger charge is 2.45. The minimum absolute atomic E-state index is 0.0855. The first kappa shape index (κ1) is 18.5. The maximum atomic E-state index is 13.1. The second-order valence-corrected chi connectivity index (χ2v) is 7.50. The zero-order valence-corrected chi connectivity index (χ0v) is 16.4. The minimum atomic E-state index is -1.86. The number of benzene rings is 1. The summed E-state index contributed by atoms with van der Waals surface area (Å²) >= 11 is 0. The lowest BCUT2D eigenvalue weighted by molar-refractivity contribution is -0.172. The molecule has 1 aromatic carbocycles. The Kier molecular flexibility index (Phi) is 3.85. The van der Waals surface area contributed by atoms with E-state index in [9.17, 15) is 19.5 Å². The molecule has 0 spiro atoms. The van der Waals surface area contributed by atoms with Gasteiger partial charge in [-0.2, -0.15) is 0 Å². The van der Waals surface area contributed by atoms with Crippen LogP contribution in [0.15, 0.2) is 35.1 Å². The average molecular weight is 406 g/mol. The van der Waals surface area contributed by atoms with Crippen LogP contribution in [-0.4, -0.2) is 33.7 Å². The minimum Gasteiger partial charge on any atom is -0.465 e. The number of hydrogen-bond acceptors (Lipinski definition) is 7. The number of cyclic esters (lactones) is 1. The highest BCUT2D eigenvalue weighted by molar-refractivity contribution is 5.95. The SMILES string of the molecule is CCC1(O)C(=O)OCc2c1cc1n(c2=O)Cc2cc3ccc(C(=O)OC)cc3nc2-1. The predicted molar refractivity (Wildman–Crippen MR) is 106 cm³/mol. The highest BCUT2D eigenvalue weighted by Crippen LogP contribution is 2.38. The van der Waals surface area contributed by atoms with Gasteiger partial charge in [-0.15, -0.1) is 0 Å². The van der Waals surface area contributed by atoms with Gasteiger partial charge in [0.2, 0.25) is 0 Å². The molecule has 0 amide bonds. The lowest BCUT2D eigenvalue weighted by atomic mass is 9.86. The fourth-order valence-electron chi connectivity index (χ4n) is 4.22. The number of carbonyl (C=O) groups excluding carboxylic acids is 2. The Hall–Kier alpha value is -3.52. The van der Waals surface area contributed by atoms with Crippen molar-refractivity contribution in [2.24, 2.45) is 0 Å². The van der Waals surface area contributed by atoms with Crippen LogP contribution >= 0.6 is 0 Å². The molecule has 0 saturated heterocycles. The number of fused-ring (bicyclic) bond motifs is 5. The van der Waals surface area contributed by atoms with Gasteiger partial charge in [-0.25, -0.2) is 14.6 Å². The Labute approximate surface area is 170 Å². The normalized spacial score (nSPS) is 19.1.